The maximum Gasteiger partial charge on any atom is 0.343 e. The van der Waals surface area contributed by atoms with E-state index >= 15 is 0 Å². The van der Waals surface area contributed by atoms with Gasteiger partial charge in [-0.15, -0.1) is 0 Å². The maximum absolute atomic E-state index is 11.6. The first kappa shape index (κ1) is 15.0. The molecule has 1 aromatic carbocycles. The molecule has 0 unspecified atom stereocenters. The molecule has 0 aliphatic carbocycles. The Bertz CT molecular complexity index is 466. The van der Waals surface area contributed by atoms with Gasteiger partial charge in [-0.05, 0) is 32.9 Å². The third-order valence-electron chi connectivity index (χ3n) is 2.03. The topological polar surface area (TPSA) is 76.7 Å². The molecular formula is C13H18N2O4. The zero-order valence-electron chi connectivity index (χ0n) is 11.4. The molecule has 0 saturated heterocycles. The van der Waals surface area contributed by atoms with Crippen molar-refractivity contribution in [1.82, 2.24) is 5.48 Å². The number of hydroxylamine groups is 1. The van der Waals surface area contributed by atoms with Gasteiger partial charge in [-0.3, -0.25) is 4.84 Å². The van der Waals surface area contributed by atoms with Gasteiger partial charge in [0.2, 0.25) is 0 Å². The quantitative estimate of drug-likeness (QED) is 0.650. The van der Waals surface area contributed by atoms with Gasteiger partial charge < -0.3 is 10.1 Å². The van der Waals surface area contributed by atoms with Crippen LogP contribution < -0.4 is 10.8 Å². The number of rotatable bonds is 3. The molecule has 6 nitrogen and oxygen atoms in total. The van der Waals surface area contributed by atoms with Crippen molar-refractivity contribution in [2.45, 2.75) is 26.4 Å². The molecule has 0 aliphatic heterocycles. The molecule has 0 bridgehead atoms. The van der Waals surface area contributed by atoms with Crippen molar-refractivity contribution in [1.29, 1.82) is 0 Å². The summed E-state index contributed by atoms with van der Waals surface area (Å²) in [5.41, 5.74) is 2.38. The lowest BCUT2D eigenvalue weighted by atomic mass is 10.2. The molecule has 0 saturated carbocycles. The first-order valence-electron chi connectivity index (χ1n) is 5.76. The van der Waals surface area contributed by atoms with Crippen molar-refractivity contribution in [3.8, 4) is 0 Å². The Morgan fingerprint density at radius 3 is 2.37 bits per heavy atom. The van der Waals surface area contributed by atoms with Gasteiger partial charge in [-0.25, -0.2) is 15.1 Å². The lowest BCUT2D eigenvalue weighted by Gasteiger charge is -2.19. The first-order valence-corrected chi connectivity index (χ1v) is 5.76. The predicted molar refractivity (Wildman–Crippen MR) is 70.8 cm³/mol. The smallest absolute Gasteiger partial charge is 0.343 e. The molecule has 6 heteroatoms. The number of methoxy groups -OCH3 is 1. The second-order valence-corrected chi connectivity index (χ2v) is 4.81. The molecule has 2 N–H and O–H groups in total. The fraction of sp³-hybridized carbons (Fsp3) is 0.385. The Balaban J connectivity index is 2.72. The van der Waals surface area contributed by atoms with Crippen LogP contribution >= 0.6 is 0 Å². The van der Waals surface area contributed by atoms with Crippen LogP contribution in [0.1, 0.15) is 31.1 Å². The molecule has 1 aromatic rings. The minimum atomic E-state index is -0.564. The number of ether oxygens (including phenoxy) is 1. The average Bonchev–Trinajstić information content (AvgIpc) is 2.35. The zero-order valence-corrected chi connectivity index (χ0v) is 11.4. The predicted octanol–water partition coefficient (Wildman–Crippen LogP) is 2.32. The lowest BCUT2D eigenvalue weighted by Crippen LogP contribution is -2.36. The van der Waals surface area contributed by atoms with Crippen LogP contribution in [0.25, 0.3) is 0 Å². The summed E-state index contributed by atoms with van der Waals surface area (Å²) >= 11 is 0. The van der Waals surface area contributed by atoms with Crippen molar-refractivity contribution in [3.05, 3.63) is 29.8 Å². The van der Waals surface area contributed by atoms with Crippen LogP contribution in [0.15, 0.2) is 24.3 Å². The highest BCUT2D eigenvalue weighted by atomic mass is 16.7. The third kappa shape index (κ3) is 4.97. The fourth-order valence-electron chi connectivity index (χ4n) is 1.23. The van der Waals surface area contributed by atoms with Crippen LogP contribution in [-0.2, 0) is 9.57 Å². The largest absolute Gasteiger partial charge is 0.465 e. The number of amides is 2. The van der Waals surface area contributed by atoms with E-state index < -0.39 is 17.6 Å². The van der Waals surface area contributed by atoms with Crippen molar-refractivity contribution < 1.29 is 19.2 Å². The second kappa shape index (κ2) is 6.19. The minimum absolute atomic E-state index is 0.274. The van der Waals surface area contributed by atoms with E-state index in [1.165, 1.54) is 7.11 Å². The highest BCUT2D eigenvalue weighted by Gasteiger charge is 2.15. The van der Waals surface area contributed by atoms with Crippen molar-refractivity contribution >= 4 is 17.7 Å². The molecule has 104 valence electrons. The van der Waals surface area contributed by atoms with Gasteiger partial charge in [-0.1, -0.05) is 12.1 Å². The van der Waals surface area contributed by atoms with Gasteiger partial charge in [0, 0.05) is 0 Å². The summed E-state index contributed by atoms with van der Waals surface area (Å²) in [4.78, 5) is 28.2. The maximum atomic E-state index is 11.6. The van der Waals surface area contributed by atoms with Crippen LogP contribution in [-0.4, -0.2) is 24.7 Å². The van der Waals surface area contributed by atoms with E-state index in [0.29, 0.717) is 5.69 Å². The van der Waals surface area contributed by atoms with E-state index in [1.807, 2.05) is 0 Å². The van der Waals surface area contributed by atoms with E-state index in [1.54, 1.807) is 45.0 Å². The molecule has 0 atom stereocenters. The van der Waals surface area contributed by atoms with Gasteiger partial charge in [0.15, 0.2) is 0 Å². The van der Waals surface area contributed by atoms with Gasteiger partial charge in [0.05, 0.1) is 24.0 Å². The van der Waals surface area contributed by atoms with Crippen LogP contribution in [0.4, 0.5) is 10.5 Å². The van der Waals surface area contributed by atoms with Gasteiger partial charge in [0.25, 0.3) is 0 Å². The molecule has 0 spiro atoms. The van der Waals surface area contributed by atoms with E-state index in [0.717, 1.165) is 0 Å². The number of carbonyl (C=O) groups is 2. The highest BCUT2D eigenvalue weighted by molar-refractivity contribution is 6.00. The van der Waals surface area contributed by atoms with Crippen LogP contribution in [0, 0.1) is 0 Å². The molecule has 0 aliphatic rings. The van der Waals surface area contributed by atoms with E-state index in [9.17, 15) is 9.59 Å². The Morgan fingerprint density at radius 1 is 1.16 bits per heavy atom. The van der Waals surface area contributed by atoms with E-state index in [4.69, 9.17) is 4.84 Å². The number of hydrogen-bond acceptors (Lipinski definition) is 4. The van der Waals surface area contributed by atoms with Crippen LogP contribution in [0.5, 0.6) is 0 Å². The number of carbonyl (C=O) groups excluding carboxylic acids is 2. The second-order valence-electron chi connectivity index (χ2n) is 4.81. The molecule has 1 rings (SSSR count). The molecule has 0 heterocycles. The fourth-order valence-corrected chi connectivity index (χ4v) is 1.23. The van der Waals surface area contributed by atoms with Crippen molar-refractivity contribution in [2.75, 3.05) is 12.4 Å². The summed E-state index contributed by atoms with van der Waals surface area (Å²) in [5.74, 6) is -0.521. The number of hydrogen-bond donors (Lipinski definition) is 2. The van der Waals surface area contributed by atoms with Gasteiger partial charge in [-0.2, -0.15) is 0 Å². The van der Waals surface area contributed by atoms with Gasteiger partial charge >= 0.3 is 12.0 Å². The average molecular weight is 266 g/mol. The van der Waals surface area contributed by atoms with Crippen molar-refractivity contribution in [3.63, 3.8) is 0 Å². The summed E-state index contributed by atoms with van der Waals surface area (Å²) in [5, 5.41) is 2.52. The molecule has 0 aromatic heterocycles. The number of nitrogens with one attached hydrogen (secondary N) is 2. The molecule has 0 radical (unpaired) electrons. The number of para-hydroxylation sites is 1. The van der Waals surface area contributed by atoms with Crippen LogP contribution in [0.2, 0.25) is 0 Å². The monoisotopic (exact) mass is 266 g/mol. The van der Waals surface area contributed by atoms with Gasteiger partial charge in [0.1, 0.15) is 0 Å². The Kier molecular flexibility index (Phi) is 4.88. The third-order valence-corrected chi connectivity index (χ3v) is 2.03. The number of anilines is 1. The standard InChI is InChI=1S/C13H18N2O4/c1-13(2,3)19-15-12(17)14-10-8-6-5-7-9(10)11(16)18-4/h5-8H,1-4H3,(H2,14,15,17). The Hall–Kier alpha value is -2.08. The summed E-state index contributed by atoms with van der Waals surface area (Å²) in [6.07, 6.45) is 0. The first-order chi connectivity index (χ1) is 8.83. The summed E-state index contributed by atoms with van der Waals surface area (Å²) < 4.78 is 4.63. The number of benzene rings is 1. The summed E-state index contributed by atoms with van der Waals surface area (Å²) in [6, 6.07) is 5.98. The zero-order chi connectivity index (χ0) is 14.5. The summed E-state index contributed by atoms with van der Waals surface area (Å²) in [7, 11) is 1.28. The van der Waals surface area contributed by atoms with E-state index in [2.05, 4.69) is 15.5 Å². The Morgan fingerprint density at radius 2 is 1.79 bits per heavy atom. The molecular weight excluding hydrogens is 248 g/mol. The molecule has 0 fully saturated rings. The highest BCUT2D eigenvalue weighted by Crippen LogP contribution is 2.15. The minimum Gasteiger partial charge on any atom is -0.465 e. The Labute approximate surface area is 112 Å². The lowest BCUT2D eigenvalue weighted by molar-refractivity contribution is -0.0505. The molecule has 2 amide bonds. The number of urea groups is 1. The van der Waals surface area contributed by atoms with E-state index in [-0.39, 0.29) is 5.56 Å². The summed E-state index contributed by atoms with van der Waals surface area (Å²) in [6.45, 7) is 5.40. The SMILES string of the molecule is COC(=O)c1ccccc1NC(=O)NOC(C)(C)C. The molecule has 19 heavy (non-hydrogen) atoms. The van der Waals surface area contributed by atoms with Crippen LogP contribution in [0.3, 0.4) is 0 Å². The normalized spacial score (nSPS) is 10.7. The van der Waals surface area contributed by atoms with Crippen molar-refractivity contribution in [2.24, 2.45) is 0 Å². The number of esters is 1.